The second kappa shape index (κ2) is 10.1. The SMILES string of the molecule is CC.CCCN1CCN(CCC(C)C)CC1. The molecule has 0 bridgehead atoms. The molecule has 0 aliphatic carbocycles. The smallest absolute Gasteiger partial charge is 0.0110 e. The summed E-state index contributed by atoms with van der Waals surface area (Å²) in [7, 11) is 0. The summed E-state index contributed by atoms with van der Waals surface area (Å²) in [6.07, 6.45) is 2.65. The average molecular weight is 228 g/mol. The number of nitrogens with zero attached hydrogens (tertiary/aromatic N) is 2. The molecular weight excluding hydrogens is 196 g/mol. The van der Waals surface area contributed by atoms with Crippen molar-refractivity contribution in [3.63, 3.8) is 0 Å². The lowest BCUT2D eigenvalue weighted by atomic mass is 10.1. The van der Waals surface area contributed by atoms with E-state index in [-0.39, 0.29) is 0 Å². The van der Waals surface area contributed by atoms with E-state index in [0.29, 0.717) is 0 Å². The van der Waals surface area contributed by atoms with Crippen LogP contribution < -0.4 is 0 Å². The molecule has 2 heteroatoms. The first-order valence-electron chi connectivity index (χ1n) is 7.17. The van der Waals surface area contributed by atoms with Crippen LogP contribution in [-0.4, -0.2) is 49.1 Å². The molecule has 1 aliphatic rings. The summed E-state index contributed by atoms with van der Waals surface area (Å²) in [6.45, 7) is 18.6. The maximum Gasteiger partial charge on any atom is 0.0110 e. The maximum absolute atomic E-state index is 2.62. The molecule has 1 aliphatic heterocycles. The van der Waals surface area contributed by atoms with Crippen molar-refractivity contribution in [3.8, 4) is 0 Å². The first kappa shape index (κ1) is 15.9. The number of hydrogen-bond donors (Lipinski definition) is 0. The van der Waals surface area contributed by atoms with E-state index in [1.807, 2.05) is 13.8 Å². The van der Waals surface area contributed by atoms with Crippen LogP contribution in [0, 0.1) is 5.92 Å². The zero-order chi connectivity index (χ0) is 12.4. The van der Waals surface area contributed by atoms with Gasteiger partial charge in [0, 0.05) is 26.2 Å². The highest BCUT2D eigenvalue weighted by Crippen LogP contribution is 2.06. The Kier molecular flexibility index (Phi) is 10.0. The summed E-state index contributed by atoms with van der Waals surface area (Å²) < 4.78 is 0. The van der Waals surface area contributed by atoms with E-state index in [1.54, 1.807) is 0 Å². The van der Waals surface area contributed by atoms with E-state index in [4.69, 9.17) is 0 Å². The van der Waals surface area contributed by atoms with Crippen molar-refractivity contribution in [2.75, 3.05) is 39.3 Å². The van der Waals surface area contributed by atoms with Crippen molar-refractivity contribution in [2.45, 2.75) is 47.5 Å². The van der Waals surface area contributed by atoms with Gasteiger partial charge in [0.2, 0.25) is 0 Å². The topological polar surface area (TPSA) is 6.48 Å². The molecule has 1 heterocycles. The van der Waals surface area contributed by atoms with E-state index < -0.39 is 0 Å². The Bertz CT molecular complexity index is 138. The molecule has 0 amide bonds. The van der Waals surface area contributed by atoms with Gasteiger partial charge in [-0.15, -0.1) is 0 Å². The van der Waals surface area contributed by atoms with Crippen molar-refractivity contribution in [1.82, 2.24) is 9.80 Å². The maximum atomic E-state index is 2.62. The van der Waals surface area contributed by atoms with Gasteiger partial charge in [0.1, 0.15) is 0 Å². The molecule has 0 N–H and O–H groups in total. The van der Waals surface area contributed by atoms with Crippen LogP contribution in [0.25, 0.3) is 0 Å². The molecule has 1 fully saturated rings. The van der Waals surface area contributed by atoms with Gasteiger partial charge in [-0.25, -0.2) is 0 Å². The Morgan fingerprint density at radius 3 is 1.69 bits per heavy atom. The minimum Gasteiger partial charge on any atom is -0.301 e. The Morgan fingerprint density at radius 2 is 1.31 bits per heavy atom. The third kappa shape index (κ3) is 7.24. The third-order valence-electron chi connectivity index (χ3n) is 3.03. The molecule has 0 unspecified atom stereocenters. The number of piperazine rings is 1. The van der Waals surface area contributed by atoms with Gasteiger partial charge >= 0.3 is 0 Å². The Morgan fingerprint density at radius 1 is 0.875 bits per heavy atom. The van der Waals surface area contributed by atoms with Crippen molar-refractivity contribution >= 4 is 0 Å². The van der Waals surface area contributed by atoms with Crippen molar-refractivity contribution < 1.29 is 0 Å². The van der Waals surface area contributed by atoms with E-state index in [1.165, 1.54) is 52.1 Å². The fourth-order valence-corrected chi connectivity index (χ4v) is 1.99. The van der Waals surface area contributed by atoms with Crippen LogP contribution in [0.1, 0.15) is 47.5 Å². The summed E-state index contributed by atoms with van der Waals surface area (Å²) in [5.74, 6) is 0.851. The largest absolute Gasteiger partial charge is 0.301 e. The predicted molar refractivity (Wildman–Crippen MR) is 74.0 cm³/mol. The highest BCUT2D eigenvalue weighted by Gasteiger charge is 2.15. The molecule has 1 rings (SSSR count). The van der Waals surface area contributed by atoms with Gasteiger partial charge in [0.05, 0.1) is 0 Å². The average Bonchev–Trinajstić information content (AvgIpc) is 2.31. The first-order chi connectivity index (χ1) is 7.72. The summed E-state index contributed by atoms with van der Waals surface area (Å²) >= 11 is 0. The van der Waals surface area contributed by atoms with E-state index >= 15 is 0 Å². The van der Waals surface area contributed by atoms with Crippen LogP contribution in [0.4, 0.5) is 0 Å². The fourth-order valence-electron chi connectivity index (χ4n) is 1.99. The summed E-state index contributed by atoms with van der Waals surface area (Å²) in [5, 5.41) is 0. The first-order valence-corrected chi connectivity index (χ1v) is 7.17. The molecule has 16 heavy (non-hydrogen) atoms. The Hall–Kier alpha value is -0.0800. The zero-order valence-corrected chi connectivity index (χ0v) is 12.1. The van der Waals surface area contributed by atoms with E-state index in [2.05, 4.69) is 30.6 Å². The lowest BCUT2D eigenvalue weighted by Gasteiger charge is -2.34. The van der Waals surface area contributed by atoms with Crippen LogP contribution in [0.2, 0.25) is 0 Å². The Labute approximate surface area is 103 Å². The molecule has 0 aromatic heterocycles. The molecule has 0 saturated carbocycles. The molecule has 98 valence electrons. The molecule has 1 saturated heterocycles. The number of hydrogen-bond acceptors (Lipinski definition) is 2. The number of rotatable bonds is 5. The van der Waals surface area contributed by atoms with Gasteiger partial charge in [-0.3, -0.25) is 0 Å². The third-order valence-corrected chi connectivity index (χ3v) is 3.03. The lowest BCUT2D eigenvalue weighted by molar-refractivity contribution is 0.128. The highest BCUT2D eigenvalue weighted by molar-refractivity contribution is 4.71. The predicted octanol–water partition coefficient (Wildman–Crippen LogP) is 3.09. The van der Waals surface area contributed by atoms with Crippen molar-refractivity contribution in [3.05, 3.63) is 0 Å². The molecule has 0 aromatic carbocycles. The lowest BCUT2D eigenvalue weighted by Crippen LogP contribution is -2.46. The van der Waals surface area contributed by atoms with Crippen LogP contribution in [0.3, 0.4) is 0 Å². The zero-order valence-electron chi connectivity index (χ0n) is 12.1. The monoisotopic (exact) mass is 228 g/mol. The van der Waals surface area contributed by atoms with Gasteiger partial charge in [-0.2, -0.15) is 0 Å². The van der Waals surface area contributed by atoms with Gasteiger partial charge in [-0.05, 0) is 31.8 Å². The fraction of sp³-hybridized carbons (Fsp3) is 1.00. The highest BCUT2D eigenvalue weighted by atomic mass is 15.3. The molecule has 0 spiro atoms. The van der Waals surface area contributed by atoms with E-state index in [9.17, 15) is 0 Å². The summed E-state index contributed by atoms with van der Waals surface area (Å²) in [5.41, 5.74) is 0. The van der Waals surface area contributed by atoms with Crippen molar-refractivity contribution in [1.29, 1.82) is 0 Å². The standard InChI is InChI=1S/C12H26N2.C2H6/c1-4-6-13-8-10-14(11-9-13)7-5-12(2)3;1-2/h12H,4-11H2,1-3H3;1-2H3. The van der Waals surface area contributed by atoms with Gasteiger partial charge in [-0.1, -0.05) is 34.6 Å². The van der Waals surface area contributed by atoms with Gasteiger partial charge in [0.25, 0.3) is 0 Å². The molecule has 2 nitrogen and oxygen atoms in total. The van der Waals surface area contributed by atoms with Crippen LogP contribution in [-0.2, 0) is 0 Å². The minimum atomic E-state index is 0.851. The second-order valence-electron chi connectivity index (χ2n) is 4.87. The molecule has 0 atom stereocenters. The molecule has 0 radical (unpaired) electrons. The van der Waals surface area contributed by atoms with Crippen LogP contribution in [0.15, 0.2) is 0 Å². The summed E-state index contributed by atoms with van der Waals surface area (Å²) in [6, 6.07) is 0. The quantitative estimate of drug-likeness (QED) is 0.713. The van der Waals surface area contributed by atoms with E-state index in [0.717, 1.165) is 5.92 Å². The molecular formula is C14H32N2. The Balaban J connectivity index is 0.00000106. The second-order valence-corrected chi connectivity index (χ2v) is 4.87. The minimum absolute atomic E-state index is 0.851. The summed E-state index contributed by atoms with van der Waals surface area (Å²) in [4.78, 5) is 5.21. The van der Waals surface area contributed by atoms with Crippen LogP contribution in [0.5, 0.6) is 0 Å². The van der Waals surface area contributed by atoms with Gasteiger partial charge in [0.15, 0.2) is 0 Å². The van der Waals surface area contributed by atoms with Gasteiger partial charge < -0.3 is 9.80 Å². The van der Waals surface area contributed by atoms with Crippen molar-refractivity contribution in [2.24, 2.45) is 5.92 Å². The van der Waals surface area contributed by atoms with Crippen LogP contribution >= 0.6 is 0 Å². The normalized spacial score (nSPS) is 18.4. The molecule has 0 aromatic rings.